The molecule has 0 saturated carbocycles. The molecular weight excluding hydrogens is 619 g/mol. The third kappa shape index (κ3) is 6.79. The lowest BCUT2D eigenvalue weighted by Gasteiger charge is -2.40. The van der Waals surface area contributed by atoms with Crippen LogP contribution in [-0.2, 0) is 4.74 Å². The van der Waals surface area contributed by atoms with Crippen molar-refractivity contribution in [2.45, 2.75) is 68.0 Å². The normalized spacial score (nSPS) is 26.3. The Labute approximate surface area is 277 Å². The molecule has 10 nitrogen and oxygen atoms in total. The molecule has 2 aliphatic heterocycles. The number of nitrogens with one attached hydrogen (secondary N) is 1. The molecule has 48 heavy (non-hydrogen) atoms. The number of hydrogen-bond acceptors (Lipinski definition) is 8. The van der Waals surface area contributed by atoms with Gasteiger partial charge >= 0.3 is 6.03 Å². The fraction of sp³-hybridized carbons (Fsp3) is 0.324. The second-order valence-electron chi connectivity index (χ2n) is 12.3. The largest absolute Gasteiger partial charge is 0.508 e. The highest BCUT2D eigenvalue weighted by molar-refractivity contribution is 5.96. The predicted molar refractivity (Wildman–Crippen MR) is 175 cm³/mol. The van der Waals surface area contributed by atoms with Gasteiger partial charge in [0, 0.05) is 11.3 Å². The van der Waals surface area contributed by atoms with E-state index in [1.807, 2.05) is 36.4 Å². The van der Waals surface area contributed by atoms with Crippen LogP contribution < -0.4 is 10.2 Å². The van der Waals surface area contributed by atoms with E-state index >= 15 is 0 Å². The lowest BCUT2D eigenvalue weighted by Crippen LogP contribution is -2.55. The van der Waals surface area contributed by atoms with Gasteiger partial charge in [-0.1, -0.05) is 66.7 Å². The van der Waals surface area contributed by atoms with Gasteiger partial charge < -0.3 is 40.7 Å². The SMILES string of the molecule is O=C1NC(CCCC(O)c2ccc(F)cc2)C(c2ccc(-c3ccc(C4OC(CO)C(O)C(O)C4O)cc3)cc2O)N1c1ccccc1. The number of benzene rings is 4. The van der Waals surface area contributed by atoms with E-state index < -0.39 is 49.3 Å². The van der Waals surface area contributed by atoms with Crippen LogP contribution in [0.1, 0.15) is 54.2 Å². The van der Waals surface area contributed by atoms with E-state index in [4.69, 9.17) is 4.74 Å². The van der Waals surface area contributed by atoms with Crippen LogP contribution in [0.5, 0.6) is 5.75 Å². The molecule has 4 aromatic rings. The van der Waals surface area contributed by atoms with Crippen molar-refractivity contribution in [1.29, 1.82) is 0 Å². The van der Waals surface area contributed by atoms with E-state index in [1.165, 1.54) is 12.1 Å². The maximum atomic E-state index is 13.4. The summed E-state index contributed by atoms with van der Waals surface area (Å²) in [4.78, 5) is 15.0. The lowest BCUT2D eigenvalue weighted by atomic mass is 9.90. The van der Waals surface area contributed by atoms with Crippen LogP contribution in [0.15, 0.2) is 97.1 Å². The van der Waals surface area contributed by atoms with Crippen molar-refractivity contribution in [1.82, 2.24) is 5.32 Å². The van der Waals surface area contributed by atoms with Crippen molar-refractivity contribution < 1.29 is 44.6 Å². The summed E-state index contributed by atoms with van der Waals surface area (Å²) in [7, 11) is 0. The second kappa shape index (κ2) is 14.4. The number of amides is 2. The monoisotopic (exact) mass is 658 g/mol. The number of aliphatic hydroxyl groups is 5. The number of hydrogen-bond donors (Lipinski definition) is 7. The van der Waals surface area contributed by atoms with E-state index in [-0.39, 0.29) is 23.6 Å². The van der Waals surface area contributed by atoms with E-state index in [2.05, 4.69) is 5.32 Å². The highest BCUT2D eigenvalue weighted by atomic mass is 19.1. The minimum absolute atomic E-state index is 0.00992. The average molecular weight is 659 g/mol. The molecule has 8 atom stereocenters. The zero-order valence-electron chi connectivity index (χ0n) is 26.0. The number of urea groups is 1. The number of phenolic OH excluding ortho intramolecular Hbond substituents is 1. The Hall–Kier alpha value is -4.36. The van der Waals surface area contributed by atoms with Gasteiger partial charge in [-0.15, -0.1) is 0 Å². The third-order valence-electron chi connectivity index (χ3n) is 9.28. The maximum absolute atomic E-state index is 13.4. The first-order chi connectivity index (χ1) is 23.2. The molecular formula is C37H39FN2O8. The van der Waals surface area contributed by atoms with E-state index in [0.29, 0.717) is 47.2 Å². The van der Waals surface area contributed by atoms with Crippen LogP contribution >= 0.6 is 0 Å². The van der Waals surface area contributed by atoms with Gasteiger partial charge in [0.2, 0.25) is 0 Å². The molecule has 2 heterocycles. The Bertz CT molecular complexity index is 1690. The van der Waals surface area contributed by atoms with Gasteiger partial charge in [-0.05, 0) is 71.8 Å². The van der Waals surface area contributed by atoms with Crippen LogP contribution in [0.2, 0.25) is 0 Å². The number of aliphatic hydroxyl groups excluding tert-OH is 5. The van der Waals surface area contributed by atoms with Crippen LogP contribution in [0, 0.1) is 5.82 Å². The summed E-state index contributed by atoms with van der Waals surface area (Å²) in [6.07, 6.45) is -5.62. The Kier molecular flexibility index (Phi) is 10.1. The lowest BCUT2D eigenvalue weighted by molar-refractivity contribution is -0.231. The number of phenols is 1. The van der Waals surface area contributed by atoms with Crippen molar-refractivity contribution in [3.8, 4) is 16.9 Å². The van der Waals surface area contributed by atoms with Gasteiger partial charge in [0.25, 0.3) is 0 Å². The molecule has 2 amide bonds. The number of carbonyl (C=O) groups is 1. The zero-order chi connectivity index (χ0) is 33.9. The van der Waals surface area contributed by atoms with Crippen LogP contribution in [0.3, 0.4) is 0 Å². The topological polar surface area (TPSA) is 163 Å². The number of rotatable bonds is 10. The fourth-order valence-corrected chi connectivity index (χ4v) is 6.66. The molecule has 4 aromatic carbocycles. The standard InChI is InChI=1S/C37H39FN2O8/c38-25-16-13-22(14-17-25)29(42)8-4-7-28-32(40(37(47)39-28)26-5-2-1-3-6-26)27-18-15-24(19-30(27)43)21-9-11-23(12-10-21)36-35(46)34(45)33(44)31(20-41)48-36/h1-3,5-6,9-19,28-29,31-36,41-46H,4,7-8,20H2,(H,39,47). The summed E-state index contributed by atoms with van der Waals surface area (Å²) in [6.45, 7) is -0.520. The Morgan fingerprint density at radius 2 is 1.54 bits per heavy atom. The summed E-state index contributed by atoms with van der Waals surface area (Å²) < 4.78 is 19.0. The van der Waals surface area contributed by atoms with Gasteiger partial charge in [0.15, 0.2) is 0 Å². The van der Waals surface area contributed by atoms with Gasteiger partial charge in [-0.2, -0.15) is 0 Å². The number of nitrogens with zero attached hydrogens (tertiary/aromatic N) is 1. The first-order valence-corrected chi connectivity index (χ1v) is 16.0. The summed E-state index contributed by atoms with van der Waals surface area (Å²) in [5.41, 5.74) is 3.81. The summed E-state index contributed by atoms with van der Waals surface area (Å²) in [5, 5.41) is 65.5. The molecule has 0 aliphatic carbocycles. The third-order valence-corrected chi connectivity index (χ3v) is 9.28. The Morgan fingerprint density at radius 3 is 2.21 bits per heavy atom. The summed E-state index contributed by atoms with van der Waals surface area (Å²) in [6, 6.07) is 25.9. The average Bonchev–Trinajstić information content (AvgIpc) is 3.43. The Morgan fingerprint density at radius 1 is 0.854 bits per heavy atom. The van der Waals surface area contributed by atoms with E-state index in [0.717, 1.165) is 5.56 Å². The molecule has 252 valence electrons. The summed E-state index contributed by atoms with van der Waals surface area (Å²) >= 11 is 0. The molecule has 8 unspecified atom stereocenters. The molecule has 0 radical (unpaired) electrons. The van der Waals surface area contributed by atoms with E-state index in [9.17, 15) is 39.8 Å². The quantitative estimate of drug-likeness (QED) is 0.133. The zero-order valence-corrected chi connectivity index (χ0v) is 26.0. The van der Waals surface area contributed by atoms with Gasteiger partial charge in [0.05, 0.1) is 24.8 Å². The first-order valence-electron chi connectivity index (χ1n) is 16.0. The Balaban J connectivity index is 1.22. The maximum Gasteiger partial charge on any atom is 0.322 e. The smallest absolute Gasteiger partial charge is 0.322 e. The molecule has 0 spiro atoms. The van der Waals surface area contributed by atoms with Crippen molar-refractivity contribution in [3.63, 3.8) is 0 Å². The number of halogens is 1. The minimum Gasteiger partial charge on any atom is -0.508 e. The molecule has 2 fully saturated rings. The number of aromatic hydroxyl groups is 1. The van der Waals surface area contributed by atoms with Crippen molar-refractivity contribution in [2.75, 3.05) is 11.5 Å². The highest BCUT2D eigenvalue weighted by Crippen LogP contribution is 2.42. The van der Waals surface area contributed by atoms with Gasteiger partial charge in [-0.3, -0.25) is 4.90 Å². The van der Waals surface area contributed by atoms with Crippen LogP contribution in [0.25, 0.3) is 11.1 Å². The van der Waals surface area contributed by atoms with Crippen molar-refractivity contribution in [3.05, 3.63) is 120 Å². The van der Waals surface area contributed by atoms with Crippen molar-refractivity contribution in [2.24, 2.45) is 0 Å². The van der Waals surface area contributed by atoms with Crippen LogP contribution in [0.4, 0.5) is 14.9 Å². The predicted octanol–water partition coefficient (Wildman–Crippen LogP) is 4.26. The molecule has 6 rings (SSSR count). The molecule has 11 heteroatoms. The van der Waals surface area contributed by atoms with Crippen LogP contribution in [-0.4, -0.2) is 73.7 Å². The van der Waals surface area contributed by atoms with E-state index in [1.54, 1.807) is 53.4 Å². The van der Waals surface area contributed by atoms with Crippen molar-refractivity contribution >= 4 is 11.7 Å². The van der Waals surface area contributed by atoms with Gasteiger partial charge in [-0.25, -0.2) is 9.18 Å². The number of carbonyl (C=O) groups excluding carboxylic acids is 1. The number of ether oxygens (including phenoxy) is 1. The number of anilines is 1. The highest BCUT2D eigenvalue weighted by Gasteiger charge is 2.44. The molecule has 2 aliphatic rings. The minimum atomic E-state index is -1.49. The molecule has 2 saturated heterocycles. The molecule has 0 aromatic heterocycles. The van der Waals surface area contributed by atoms with Gasteiger partial charge in [0.1, 0.15) is 42.1 Å². The second-order valence-corrected chi connectivity index (χ2v) is 12.3. The first kappa shape index (κ1) is 33.5. The molecule has 7 N–H and O–H groups in total. The fourth-order valence-electron chi connectivity index (χ4n) is 6.66. The summed E-state index contributed by atoms with van der Waals surface area (Å²) in [5.74, 6) is -0.385. The molecule has 0 bridgehead atoms. The number of para-hydroxylation sites is 1.